The van der Waals surface area contributed by atoms with Gasteiger partial charge < -0.3 is 0 Å². The van der Waals surface area contributed by atoms with Crippen molar-refractivity contribution < 1.29 is 8.42 Å². The van der Waals surface area contributed by atoms with Gasteiger partial charge >= 0.3 is 0 Å². The lowest BCUT2D eigenvalue weighted by molar-refractivity contribution is 0.581. The molecule has 0 aliphatic carbocycles. The van der Waals surface area contributed by atoms with Crippen LogP contribution < -0.4 is 4.72 Å². The summed E-state index contributed by atoms with van der Waals surface area (Å²) in [5.74, 6) is 0. The highest BCUT2D eigenvalue weighted by molar-refractivity contribution is 7.89. The van der Waals surface area contributed by atoms with Gasteiger partial charge in [0.05, 0.1) is 11.7 Å². The average molecular weight is 330 g/mol. The van der Waals surface area contributed by atoms with Crippen LogP contribution >= 0.6 is 0 Å². The summed E-state index contributed by atoms with van der Waals surface area (Å²) >= 11 is 0. The van der Waals surface area contributed by atoms with Crippen LogP contribution in [0.15, 0.2) is 47.6 Å². The fraction of sp³-hybridized carbons (Fsp3) is 0.250. The minimum Gasteiger partial charge on any atom is -0.270 e. The van der Waals surface area contributed by atoms with E-state index in [0.717, 1.165) is 23.2 Å². The summed E-state index contributed by atoms with van der Waals surface area (Å²) in [6.45, 7) is 4.89. The number of pyridine rings is 1. The minimum atomic E-state index is -3.65. The van der Waals surface area contributed by atoms with Crippen LogP contribution in [0.3, 0.4) is 0 Å². The van der Waals surface area contributed by atoms with E-state index in [1.165, 1.54) is 0 Å². The number of nitrogens with zero attached hydrogens (tertiary/aromatic N) is 3. The van der Waals surface area contributed by atoms with Crippen LogP contribution in [0.2, 0.25) is 0 Å². The van der Waals surface area contributed by atoms with E-state index in [1.54, 1.807) is 30.6 Å². The quantitative estimate of drug-likeness (QED) is 0.778. The average Bonchev–Trinajstić information content (AvgIpc) is 2.92. The van der Waals surface area contributed by atoms with E-state index in [0.29, 0.717) is 5.52 Å². The molecule has 0 spiro atoms. The van der Waals surface area contributed by atoms with Crippen LogP contribution in [0.25, 0.3) is 10.9 Å². The van der Waals surface area contributed by atoms with Crippen molar-refractivity contribution in [2.24, 2.45) is 0 Å². The number of hydrogen-bond acceptors (Lipinski definition) is 4. The number of hydrogen-bond donors (Lipinski definition) is 1. The molecular formula is C16H18N4O2S. The smallest absolute Gasteiger partial charge is 0.243 e. The summed E-state index contributed by atoms with van der Waals surface area (Å²) in [6, 6.07) is 8.77. The van der Waals surface area contributed by atoms with Crippen LogP contribution in [-0.2, 0) is 23.1 Å². The first-order chi connectivity index (χ1) is 11.0. The van der Waals surface area contributed by atoms with Crippen molar-refractivity contribution in [1.82, 2.24) is 19.5 Å². The summed E-state index contributed by atoms with van der Waals surface area (Å²) in [6.07, 6.45) is 3.29. The molecule has 3 rings (SSSR count). The summed E-state index contributed by atoms with van der Waals surface area (Å²) < 4.78 is 29.7. The molecule has 0 aliphatic heterocycles. The first kappa shape index (κ1) is 15.6. The molecule has 0 radical (unpaired) electrons. The number of fused-ring (bicyclic) bond motifs is 1. The second-order valence-electron chi connectivity index (χ2n) is 5.23. The number of sulfonamides is 1. The fourth-order valence-corrected chi connectivity index (χ4v) is 3.70. The molecule has 6 nitrogen and oxygen atoms in total. The van der Waals surface area contributed by atoms with Gasteiger partial charge in [-0.05, 0) is 26.0 Å². The van der Waals surface area contributed by atoms with E-state index in [2.05, 4.69) is 14.8 Å². The minimum absolute atomic E-state index is 0.191. The molecule has 0 atom stereocenters. The first-order valence-corrected chi connectivity index (χ1v) is 8.86. The predicted octanol–water partition coefficient (Wildman–Crippen LogP) is 2.24. The molecule has 0 amide bonds. The fourth-order valence-electron chi connectivity index (χ4n) is 2.52. The SMILES string of the molecule is CCn1ncc(CNS(=O)(=O)c2cccc3cccnc23)c1C. The van der Waals surface area contributed by atoms with E-state index in [9.17, 15) is 8.42 Å². The normalized spacial score (nSPS) is 11.9. The van der Waals surface area contributed by atoms with E-state index in [4.69, 9.17) is 0 Å². The summed E-state index contributed by atoms with van der Waals surface area (Å²) in [5, 5.41) is 5.02. The van der Waals surface area contributed by atoms with Crippen LogP contribution in [0.4, 0.5) is 0 Å². The van der Waals surface area contributed by atoms with Crippen LogP contribution in [0, 0.1) is 6.92 Å². The van der Waals surface area contributed by atoms with Crippen molar-refractivity contribution in [2.45, 2.75) is 31.8 Å². The van der Waals surface area contributed by atoms with Gasteiger partial charge in [-0.15, -0.1) is 0 Å². The number of aryl methyl sites for hydroxylation is 1. The van der Waals surface area contributed by atoms with Gasteiger partial charge in [-0.2, -0.15) is 5.10 Å². The number of nitrogens with one attached hydrogen (secondary N) is 1. The summed E-state index contributed by atoms with van der Waals surface area (Å²) in [5.41, 5.74) is 2.30. The Morgan fingerprint density at radius 2 is 2.00 bits per heavy atom. The zero-order chi connectivity index (χ0) is 16.4. The molecular weight excluding hydrogens is 312 g/mol. The Bertz CT molecular complexity index is 942. The molecule has 1 aromatic carbocycles. The molecule has 7 heteroatoms. The standard InChI is InChI=1S/C16H18N4O2S/c1-3-20-12(2)14(10-18-20)11-19-23(21,22)15-8-4-6-13-7-5-9-17-16(13)15/h4-10,19H,3,11H2,1-2H3. The van der Waals surface area contributed by atoms with Gasteiger partial charge in [0.25, 0.3) is 0 Å². The van der Waals surface area contributed by atoms with Crippen molar-refractivity contribution in [1.29, 1.82) is 0 Å². The Balaban J connectivity index is 1.90. The van der Waals surface area contributed by atoms with Crippen LogP contribution in [0.1, 0.15) is 18.2 Å². The highest BCUT2D eigenvalue weighted by Crippen LogP contribution is 2.20. The molecule has 0 saturated heterocycles. The second-order valence-corrected chi connectivity index (χ2v) is 6.96. The maximum Gasteiger partial charge on any atom is 0.243 e. The molecule has 0 unspecified atom stereocenters. The van der Waals surface area contributed by atoms with Gasteiger partial charge in [0.15, 0.2) is 0 Å². The van der Waals surface area contributed by atoms with Crippen LogP contribution in [-0.4, -0.2) is 23.2 Å². The summed E-state index contributed by atoms with van der Waals surface area (Å²) in [4.78, 5) is 4.39. The van der Waals surface area contributed by atoms with E-state index in [1.807, 2.05) is 30.7 Å². The number of benzene rings is 1. The molecule has 23 heavy (non-hydrogen) atoms. The van der Waals surface area contributed by atoms with Crippen molar-refractivity contribution >= 4 is 20.9 Å². The van der Waals surface area contributed by atoms with Crippen molar-refractivity contribution in [3.8, 4) is 0 Å². The van der Waals surface area contributed by atoms with Crippen molar-refractivity contribution in [2.75, 3.05) is 0 Å². The number of aromatic nitrogens is 3. The molecule has 0 fully saturated rings. The molecule has 0 bridgehead atoms. The largest absolute Gasteiger partial charge is 0.270 e. The van der Waals surface area contributed by atoms with Gasteiger partial charge in [-0.1, -0.05) is 18.2 Å². The highest BCUT2D eigenvalue weighted by atomic mass is 32.2. The molecule has 3 aromatic rings. The van der Waals surface area contributed by atoms with Gasteiger partial charge in [-0.25, -0.2) is 13.1 Å². The third-order valence-corrected chi connectivity index (χ3v) is 5.28. The third-order valence-electron chi connectivity index (χ3n) is 3.84. The van der Waals surface area contributed by atoms with Gasteiger partial charge in [-0.3, -0.25) is 9.67 Å². The van der Waals surface area contributed by atoms with Gasteiger partial charge in [0.1, 0.15) is 4.90 Å². The van der Waals surface area contributed by atoms with Gasteiger partial charge in [0, 0.05) is 35.9 Å². The Kier molecular flexibility index (Phi) is 4.14. The maximum atomic E-state index is 12.6. The molecule has 2 aromatic heterocycles. The Hall–Kier alpha value is -2.25. The maximum absolute atomic E-state index is 12.6. The van der Waals surface area contributed by atoms with Gasteiger partial charge in [0.2, 0.25) is 10.0 Å². The lowest BCUT2D eigenvalue weighted by atomic mass is 10.2. The van der Waals surface area contributed by atoms with Crippen molar-refractivity contribution in [3.05, 3.63) is 54.0 Å². The molecule has 1 N–H and O–H groups in total. The van der Waals surface area contributed by atoms with Crippen LogP contribution in [0.5, 0.6) is 0 Å². The zero-order valence-corrected chi connectivity index (χ0v) is 13.8. The monoisotopic (exact) mass is 330 g/mol. The Labute approximate surface area is 135 Å². The Morgan fingerprint density at radius 3 is 2.74 bits per heavy atom. The predicted molar refractivity (Wildman–Crippen MR) is 88.4 cm³/mol. The lowest BCUT2D eigenvalue weighted by Gasteiger charge is -2.09. The van der Waals surface area contributed by atoms with E-state index >= 15 is 0 Å². The molecule has 0 saturated carbocycles. The third kappa shape index (κ3) is 2.97. The first-order valence-electron chi connectivity index (χ1n) is 7.37. The number of para-hydroxylation sites is 1. The summed E-state index contributed by atoms with van der Waals surface area (Å²) in [7, 11) is -3.65. The zero-order valence-electron chi connectivity index (χ0n) is 13.0. The highest BCUT2D eigenvalue weighted by Gasteiger charge is 2.18. The van der Waals surface area contributed by atoms with E-state index in [-0.39, 0.29) is 11.4 Å². The lowest BCUT2D eigenvalue weighted by Crippen LogP contribution is -2.24. The molecule has 120 valence electrons. The Morgan fingerprint density at radius 1 is 1.22 bits per heavy atom. The molecule has 2 heterocycles. The second kappa shape index (κ2) is 6.10. The van der Waals surface area contributed by atoms with Crippen molar-refractivity contribution in [3.63, 3.8) is 0 Å². The molecule has 0 aliphatic rings. The topological polar surface area (TPSA) is 76.9 Å². The number of rotatable bonds is 5. The van der Waals surface area contributed by atoms with E-state index < -0.39 is 10.0 Å².